The van der Waals surface area contributed by atoms with Crippen molar-refractivity contribution >= 4 is 11.6 Å². The molecule has 2 N–H and O–H groups in total. The zero-order chi connectivity index (χ0) is 10.6. The van der Waals surface area contributed by atoms with Crippen LogP contribution >= 0.6 is 11.6 Å². The van der Waals surface area contributed by atoms with Gasteiger partial charge in [-0.1, -0.05) is 17.2 Å². The maximum absolute atomic E-state index is 12.2. The molecule has 0 saturated heterocycles. The highest BCUT2D eigenvalue weighted by Crippen LogP contribution is 2.31. The predicted octanol–water partition coefficient (Wildman–Crippen LogP) is 2.97. The van der Waals surface area contributed by atoms with E-state index in [1.54, 1.807) is 0 Å². The molecule has 0 aromatic carbocycles. The summed E-state index contributed by atoms with van der Waals surface area (Å²) in [7, 11) is 0. The van der Waals surface area contributed by atoms with Gasteiger partial charge >= 0.3 is 6.18 Å². The third-order valence-electron chi connectivity index (χ3n) is 1.39. The van der Waals surface area contributed by atoms with Gasteiger partial charge in [-0.3, -0.25) is 0 Å². The molecule has 0 aliphatic heterocycles. The van der Waals surface area contributed by atoms with Gasteiger partial charge in [-0.05, 0) is 19.9 Å². The summed E-state index contributed by atoms with van der Waals surface area (Å²) < 4.78 is 36.7. The van der Waals surface area contributed by atoms with Gasteiger partial charge < -0.3 is 5.73 Å². The number of rotatable bonds is 2. The minimum atomic E-state index is -4.41. The topological polar surface area (TPSA) is 26.0 Å². The summed E-state index contributed by atoms with van der Waals surface area (Å²) in [5.41, 5.74) is 4.76. The largest absolute Gasteiger partial charge is 0.417 e. The van der Waals surface area contributed by atoms with Crippen LogP contribution in [0.15, 0.2) is 22.3 Å². The number of hydrogen-bond donors (Lipinski definition) is 1. The molecule has 0 heterocycles. The lowest BCUT2D eigenvalue weighted by molar-refractivity contribution is -0.0886. The quantitative estimate of drug-likeness (QED) is 0.702. The van der Waals surface area contributed by atoms with Crippen molar-refractivity contribution in [2.24, 2.45) is 5.73 Å². The molecule has 0 aliphatic rings. The van der Waals surface area contributed by atoms with Crippen molar-refractivity contribution in [1.29, 1.82) is 0 Å². The van der Waals surface area contributed by atoms with E-state index in [1.807, 2.05) is 0 Å². The molecule has 76 valence electrons. The van der Waals surface area contributed by atoms with Crippen molar-refractivity contribution in [3.8, 4) is 0 Å². The highest BCUT2D eigenvalue weighted by molar-refractivity contribution is 6.29. The third-order valence-corrected chi connectivity index (χ3v) is 1.59. The molecular weight excluding hydrogens is 203 g/mol. The van der Waals surface area contributed by atoms with Crippen molar-refractivity contribution in [3.05, 3.63) is 22.3 Å². The molecule has 0 radical (unpaired) electrons. The average Bonchev–Trinajstić information content (AvgIpc) is 1.96. The highest BCUT2D eigenvalue weighted by Gasteiger charge is 2.33. The fourth-order valence-corrected chi connectivity index (χ4v) is 0.844. The van der Waals surface area contributed by atoms with Crippen LogP contribution in [0.1, 0.15) is 13.8 Å². The Morgan fingerprint density at radius 3 is 2.08 bits per heavy atom. The van der Waals surface area contributed by atoms with E-state index in [2.05, 4.69) is 0 Å². The van der Waals surface area contributed by atoms with E-state index in [0.717, 1.165) is 6.08 Å². The molecule has 0 atom stereocenters. The lowest BCUT2D eigenvalue weighted by Crippen LogP contribution is -2.12. The number of nitrogens with two attached hydrogens (primary N) is 1. The van der Waals surface area contributed by atoms with Gasteiger partial charge in [0.2, 0.25) is 0 Å². The van der Waals surface area contributed by atoms with E-state index in [9.17, 15) is 13.2 Å². The molecule has 0 rings (SSSR count). The summed E-state index contributed by atoms with van der Waals surface area (Å²) in [5.74, 6) is 0. The van der Waals surface area contributed by atoms with Crippen molar-refractivity contribution in [3.63, 3.8) is 0 Å². The molecule has 13 heavy (non-hydrogen) atoms. The summed E-state index contributed by atoms with van der Waals surface area (Å²) >= 11 is 5.30. The lowest BCUT2D eigenvalue weighted by atomic mass is 10.1. The van der Waals surface area contributed by atoms with Gasteiger partial charge in [-0.2, -0.15) is 13.2 Å². The number of hydrogen-bond acceptors (Lipinski definition) is 1. The van der Waals surface area contributed by atoms with Crippen LogP contribution < -0.4 is 5.73 Å². The molecule has 0 aromatic heterocycles. The Balaban J connectivity index is 5.00. The zero-order valence-electron chi connectivity index (χ0n) is 7.37. The predicted molar refractivity (Wildman–Crippen MR) is 47.4 cm³/mol. The Morgan fingerprint density at radius 1 is 1.38 bits per heavy atom. The van der Waals surface area contributed by atoms with Gasteiger partial charge in [-0.15, -0.1) is 0 Å². The molecule has 0 bridgehead atoms. The van der Waals surface area contributed by atoms with E-state index in [-0.39, 0.29) is 11.6 Å². The van der Waals surface area contributed by atoms with E-state index >= 15 is 0 Å². The summed E-state index contributed by atoms with van der Waals surface area (Å²) in [4.78, 5) is 0. The summed E-state index contributed by atoms with van der Waals surface area (Å²) in [6.07, 6.45) is -3.45. The molecule has 1 nitrogen and oxygen atoms in total. The summed E-state index contributed by atoms with van der Waals surface area (Å²) in [6.45, 7) is 2.81. The molecule has 0 aromatic rings. The van der Waals surface area contributed by atoms with Crippen LogP contribution in [-0.4, -0.2) is 12.7 Å². The SMILES string of the molecule is CC(=CC(=C(C)Cl)C(F)(F)F)CN. The Bertz CT molecular complexity index is 236. The molecular formula is C8H11ClF3N. The summed E-state index contributed by atoms with van der Waals surface area (Å²) in [5, 5.41) is -0.277. The normalized spacial score (nSPS) is 15.8. The Labute approximate surface area is 80.1 Å². The van der Waals surface area contributed by atoms with Gasteiger partial charge in [0.1, 0.15) is 0 Å². The van der Waals surface area contributed by atoms with Gasteiger partial charge in [0.05, 0.1) is 5.57 Å². The fourth-order valence-electron chi connectivity index (χ4n) is 0.682. The first-order valence-electron chi connectivity index (χ1n) is 3.60. The molecule has 0 amide bonds. The lowest BCUT2D eigenvalue weighted by Gasteiger charge is -2.09. The minimum Gasteiger partial charge on any atom is -0.327 e. The molecule has 0 fully saturated rings. The second kappa shape index (κ2) is 4.67. The highest BCUT2D eigenvalue weighted by atomic mass is 35.5. The maximum Gasteiger partial charge on any atom is 0.417 e. The first kappa shape index (κ1) is 12.5. The van der Waals surface area contributed by atoms with Crippen LogP contribution in [0.3, 0.4) is 0 Å². The molecule has 5 heteroatoms. The molecule has 0 unspecified atom stereocenters. The summed E-state index contributed by atoms with van der Waals surface area (Å²) in [6, 6.07) is 0. The monoisotopic (exact) mass is 213 g/mol. The van der Waals surface area contributed by atoms with Crippen LogP contribution in [-0.2, 0) is 0 Å². The fraction of sp³-hybridized carbons (Fsp3) is 0.500. The van der Waals surface area contributed by atoms with E-state index in [4.69, 9.17) is 17.3 Å². The zero-order valence-corrected chi connectivity index (χ0v) is 8.13. The minimum absolute atomic E-state index is 0.0871. The van der Waals surface area contributed by atoms with Crippen LogP contribution in [0.25, 0.3) is 0 Å². The number of allylic oxidation sites excluding steroid dienone is 3. The molecule has 0 saturated carbocycles. The van der Waals surface area contributed by atoms with Gasteiger partial charge in [0.15, 0.2) is 0 Å². The van der Waals surface area contributed by atoms with Crippen LogP contribution in [0.5, 0.6) is 0 Å². The maximum atomic E-state index is 12.2. The van der Waals surface area contributed by atoms with Crippen molar-refractivity contribution < 1.29 is 13.2 Å². The van der Waals surface area contributed by atoms with Crippen molar-refractivity contribution in [2.45, 2.75) is 20.0 Å². The third kappa shape index (κ3) is 4.33. The van der Waals surface area contributed by atoms with Gasteiger partial charge in [0.25, 0.3) is 0 Å². The standard InChI is InChI=1S/C8H11ClF3N/c1-5(4-13)3-7(6(2)9)8(10,11)12/h3H,4,13H2,1-2H3. The average molecular weight is 214 g/mol. The van der Waals surface area contributed by atoms with Crippen LogP contribution in [0.4, 0.5) is 13.2 Å². The van der Waals surface area contributed by atoms with E-state index in [1.165, 1.54) is 13.8 Å². The number of halogens is 4. The van der Waals surface area contributed by atoms with Crippen molar-refractivity contribution in [2.75, 3.05) is 6.54 Å². The van der Waals surface area contributed by atoms with Gasteiger partial charge in [0, 0.05) is 11.6 Å². The second-order valence-electron chi connectivity index (χ2n) is 2.64. The number of alkyl halides is 3. The Morgan fingerprint density at radius 2 is 1.85 bits per heavy atom. The van der Waals surface area contributed by atoms with Crippen LogP contribution in [0, 0.1) is 0 Å². The smallest absolute Gasteiger partial charge is 0.327 e. The van der Waals surface area contributed by atoms with Gasteiger partial charge in [-0.25, -0.2) is 0 Å². The molecule has 0 aliphatic carbocycles. The van der Waals surface area contributed by atoms with Crippen LogP contribution in [0.2, 0.25) is 0 Å². The second-order valence-corrected chi connectivity index (χ2v) is 3.21. The molecule has 0 spiro atoms. The Kier molecular flexibility index (Phi) is 4.50. The Hall–Kier alpha value is -0.480. The first-order chi connectivity index (χ1) is 5.79. The first-order valence-corrected chi connectivity index (χ1v) is 3.97. The van der Waals surface area contributed by atoms with E-state index in [0.29, 0.717) is 5.57 Å². The van der Waals surface area contributed by atoms with E-state index < -0.39 is 11.7 Å². The van der Waals surface area contributed by atoms with Crippen molar-refractivity contribution in [1.82, 2.24) is 0 Å².